The number of H-pyrrole nitrogens is 1. The van der Waals surface area contributed by atoms with E-state index in [0.717, 1.165) is 50.0 Å². The van der Waals surface area contributed by atoms with Crippen molar-refractivity contribution in [1.29, 1.82) is 0 Å². The summed E-state index contributed by atoms with van der Waals surface area (Å²) in [7, 11) is 0. The van der Waals surface area contributed by atoms with E-state index in [1.54, 1.807) is 0 Å². The van der Waals surface area contributed by atoms with Gasteiger partial charge in [-0.05, 0) is 56.1 Å². The first-order chi connectivity index (χ1) is 13.2. The van der Waals surface area contributed by atoms with Gasteiger partial charge in [0.15, 0.2) is 0 Å². The van der Waals surface area contributed by atoms with Crippen LogP contribution in [-0.2, 0) is 21.4 Å². The van der Waals surface area contributed by atoms with E-state index in [2.05, 4.69) is 28.1 Å². The van der Waals surface area contributed by atoms with Gasteiger partial charge in [-0.15, -0.1) is 0 Å². The first kappa shape index (κ1) is 17.3. The number of esters is 1. The summed E-state index contributed by atoms with van der Waals surface area (Å²) in [5.74, 6) is 0.736. The molecule has 4 aliphatic rings. The second-order valence-corrected chi connectivity index (χ2v) is 8.48. The van der Waals surface area contributed by atoms with E-state index in [4.69, 9.17) is 4.74 Å². The van der Waals surface area contributed by atoms with Crippen LogP contribution in [0.1, 0.15) is 37.4 Å². The van der Waals surface area contributed by atoms with Crippen molar-refractivity contribution < 1.29 is 14.6 Å². The average molecular weight is 368 g/mol. The first-order valence-electron chi connectivity index (χ1n) is 10.3. The Morgan fingerprint density at radius 2 is 2.26 bits per heavy atom. The summed E-state index contributed by atoms with van der Waals surface area (Å²) in [4.78, 5) is 19.7. The molecule has 4 unspecified atom stereocenters. The Balaban J connectivity index is 1.75. The minimum Gasteiger partial charge on any atom is -0.465 e. The van der Waals surface area contributed by atoms with Gasteiger partial charge in [-0.1, -0.05) is 18.2 Å². The van der Waals surface area contributed by atoms with Crippen molar-refractivity contribution in [3.05, 3.63) is 35.5 Å². The molecule has 5 atom stereocenters. The third-order valence-electron chi connectivity index (χ3n) is 7.13. The van der Waals surface area contributed by atoms with E-state index < -0.39 is 5.41 Å². The van der Waals surface area contributed by atoms with Gasteiger partial charge in [0.1, 0.15) is 5.41 Å². The van der Waals surface area contributed by atoms with E-state index in [-0.39, 0.29) is 18.6 Å². The highest BCUT2D eigenvalue weighted by atomic mass is 16.5. The number of aliphatic hydroxyl groups excluding tert-OH is 1. The third kappa shape index (κ3) is 2.34. The Morgan fingerprint density at radius 3 is 3.07 bits per heavy atom. The van der Waals surface area contributed by atoms with Crippen molar-refractivity contribution in [2.24, 2.45) is 11.8 Å². The van der Waals surface area contributed by atoms with Crippen molar-refractivity contribution in [2.75, 3.05) is 26.3 Å². The molecule has 6 rings (SSSR count). The number of para-hydroxylation sites is 1. The molecule has 0 spiro atoms. The highest BCUT2D eigenvalue weighted by Gasteiger charge is 2.62. The molecule has 144 valence electrons. The number of nitrogens with one attached hydrogen (secondary N) is 1. The average Bonchev–Trinajstić information content (AvgIpc) is 3.01. The number of hydrogen-bond donors (Lipinski definition) is 2. The van der Waals surface area contributed by atoms with Crippen molar-refractivity contribution in [3.8, 4) is 0 Å². The number of nitrogens with zero attached hydrogens (tertiary/aromatic N) is 1. The Labute approximate surface area is 159 Å². The first-order valence-corrected chi connectivity index (χ1v) is 10.3. The zero-order chi connectivity index (χ0) is 18.6. The topological polar surface area (TPSA) is 65.6 Å². The highest BCUT2D eigenvalue weighted by molar-refractivity contribution is 5.91. The van der Waals surface area contributed by atoms with E-state index in [1.165, 1.54) is 10.9 Å². The standard InChI is InChI=1S/C22H28N2O3/c1-2-27-21(26)22-12-14-11-15(8-10-25)20(22)24(13-14)9-7-17-16-5-3-4-6-18(16)23-19(17)22/h3-6,14-15,20,23,25H,2,7-13H2,1H3/t14-,15?,20?,22?/m0/s1. The van der Waals surface area contributed by atoms with E-state index in [9.17, 15) is 9.90 Å². The fourth-order valence-corrected chi connectivity index (χ4v) is 6.40. The van der Waals surface area contributed by atoms with Crippen molar-refractivity contribution in [1.82, 2.24) is 9.88 Å². The van der Waals surface area contributed by atoms with Crippen LogP contribution in [0.5, 0.6) is 0 Å². The Morgan fingerprint density at radius 1 is 1.41 bits per heavy atom. The number of aliphatic hydroxyl groups is 1. The smallest absolute Gasteiger partial charge is 0.319 e. The summed E-state index contributed by atoms with van der Waals surface area (Å²) in [5, 5.41) is 10.9. The summed E-state index contributed by atoms with van der Waals surface area (Å²) in [5.41, 5.74) is 2.85. The molecule has 3 aliphatic heterocycles. The minimum absolute atomic E-state index is 0.0814. The molecule has 2 N–H and O–H groups in total. The molecule has 0 radical (unpaired) electrons. The number of rotatable bonds is 4. The van der Waals surface area contributed by atoms with Gasteiger partial charge in [-0.2, -0.15) is 0 Å². The van der Waals surface area contributed by atoms with Crippen LogP contribution in [0.3, 0.4) is 0 Å². The number of hydrogen-bond acceptors (Lipinski definition) is 4. The number of aromatic nitrogens is 1. The Hall–Kier alpha value is -1.85. The molecule has 1 aromatic heterocycles. The largest absolute Gasteiger partial charge is 0.465 e. The van der Waals surface area contributed by atoms with Gasteiger partial charge in [0.25, 0.3) is 0 Å². The number of piperidine rings is 2. The second-order valence-electron chi connectivity index (χ2n) is 8.48. The second kappa shape index (κ2) is 6.35. The fourth-order valence-electron chi connectivity index (χ4n) is 6.40. The third-order valence-corrected chi connectivity index (χ3v) is 7.13. The van der Waals surface area contributed by atoms with Crippen LogP contribution in [0.2, 0.25) is 0 Å². The lowest BCUT2D eigenvalue weighted by Crippen LogP contribution is -2.67. The molecule has 0 amide bonds. The fraction of sp³-hybridized carbons (Fsp3) is 0.591. The zero-order valence-corrected chi connectivity index (χ0v) is 15.9. The monoisotopic (exact) mass is 368 g/mol. The lowest BCUT2D eigenvalue weighted by Gasteiger charge is -2.58. The number of aromatic amines is 1. The maximum atomic E-state index is 13.5. The molecule has 5 heteroatoms. The van der Waals surface area contributed by atoms with Gasteiger partial charge in [-0.3, -0.25) is 9.69 Å². The van der Waals surface area contributed by atoms with Gasteiger partial charge < -0.3 is 14.8 Å². The van der Waals surface area contributed by atoms with Crippen LogP contribution in [-0.4, -0.2) is 53.3 Å². The lowest BCUT2D eigenvalue weighted by atomic mass is 9.56. The quantitative estimate of drug-likeness (QED) is 0.815. The van der Waals surface area contributed by atoms with Gasteiger partial charge in [0, 0.05) is 42.3 Å². The molecule has 27 heavy (non-hydrogen) atoms. The predicted molar refractivity (Wildman–Crippen MR) is 104 cm³/mol. The molecule has 2 aromatic rings. The summed E-state index contributed by atoms with van der Waals surface area (Å²) < 4.78 is 5.70. The van der Waals surface area contributed by atoms with Crippen LogP contribution in [0, 0.1) is 11.8 Å². The van der Waals surface area contributed by atoms with E-state index >= 15 is 0 Å². The molecule has 4 heterocycles. The molecule has 3 fully saturated rings. The van der Waals surface area contributed by atoms with Crippen LogP contribution in [0.15, 0.2) is 24.3 Å². The lowest BCUT2D eigenvalue weighted by molar-refractivity contribution is -0.165. The number of carbonyl (C=O) groups excluding carboxylic acids is 1. The predicted octanol–water partition coefficient (Wildman–Crippen LogP) is 2.62. The molecular weight excluding hydrogens is 340 g/mol. The van der Waals surface area contributed by atoms with Gasteiger partial charge in [-0.25, -0.2) is 0 Å². The van der Waals surface area contributed by atoms with Crippen LogP contribution < -0.4 is 0 Å². The summed E-state index contributed by atoms with van der Waals surface area (Å²) >= 11 is 0. The number of carbonyl (C=O) groups is 1. The molecule has 1 saturated carbocycles. The maximum absolute atomic E-state index is 13.5. The molecule has 2 saturated heterocycles. The van der Waals surface area contributed by atoms with Crippen LogP contribution >= 0.6 is 0 Å². The molecule has 5 nitrogen and oxygen atoms in total. The maximum Gasteiger partial charge on any atom is 0.319 e. The van der Waals surface area contributed by atoms with Crippen molar-refractivity contribution >= 4 is 16.9 Å². The van der Waals surface area contributed by atoms with Gasteiger partial charge >= 0.3 is 5.97 Å². The summed E-state index contributed by atoms with van der Waals surface area (Å²) in [6.07, 6.45) is 3.68. The highest BCUT2D eigenvalue weighted by Crippen LogP contribution is 2.55. The summed E-state index contributed by atoms with van der Waals surface area (Å²) in [6.45, 7) is 4.51. The van der Waals surface area contributed by atoms with Gasteiger partial charge in [0.2, 0.25) is 0 Å². The zero-order valence-electron chi connectivity index (χ0n) is 15.9. The van der Waals surface area contributed by atoms with Crippen molar-refractivity contribution in [3.63, 3.8) is 0 Å². The molecule has 4 bridgehead atoms. The Bertz CT molecular complexity index is 876. The SMILES string of the molecule is CCOC(=O)C12C[C@@H]3CC(CCO)C1N(CCc1c2[nH]c2ccccc12)C3. The van der Waals surface area contributed by atoms with E-state index in [1.807, 2.05) is 13.0 Å². The summed E-state index contributed by atoms with van der Waals surface area (Å²) in [6, 6.07) is 8.50. The Kier molecular flexibility index (Phi) is 4.06. The molecule has 1 aromatic carbocycles. The molecule has 1 aliphatic carbocycles. The van der Waals surface area contributed by atoms with Crippen LogP contribution in [0.25, 0.3) is 10.9 Å². The van der Waals surface area contributed by atoms with Crippen LogP contribution in [0.4, 0.5) is 0 Å². The molecular formula is C22H28N2O3. The van der Waals surface area contributed by atoms with Crippen molar-refractivity contribution in [2.45, 2.75) is 44.1 Å². The van der Waals surface area contributed by atoms with E-state index in [0.29, 0.717) is 18.4 Å². The normalized spacial score (nSPS) is 34.3. The minimum atomic E-state index is -0.637. The van der Waals surface area contributed by atoms with Gasteiger partial charge in [0.05, 0.1) is 6.61 Å². The number of benzene rings is 1. The number of ether oxygens (including phenoxy) is 1. The number of fused-ring (bicyclic) bond motifs is 4.